The van der Waals surface area contributed by atoms with Crippen molar-refractivity contribution in [2.75, 3.05) is 26.7 Å². The van der Waals surface area contributed by atoms with E-state index in [1.54, 1.807) is 0 Å². The molecule has 0 saturated heterocycles. The molecule has 0 aliphatic rings. The normalized spacial score (nSPS) is 13.7. The smallest absolute Gasteiger partial charge is 0.00270 e. The van der Waals surface area contributed by atoms with Crippen LogP contribution >= 0.6 is 0 Å². The monoisotopic (exact) mass is 200 g/mol. The fourth-order valence-electron chi connectivity index (χ4n) is 1.48. The maximum Gasteiger partial charge on any atom is 0.00270 e. The summed E-state index contributed by atoms with van der Waals surface area (Å²) in [5.41, 5.74) is 6.38. The van der Waals surface area contributed by atoms with Crippen LogP contribution in [0.2, 0.25) is 0 Å². The molecular formula is C12H28N2. The van der Waals surface area contributed by atoms with Crippen molar-refractivity contribution in [1.29, 1.82) is 0 Å². The summed E-state index contributed by atoms with van der Waals surface area (Å²) in [5, 5.41) is 0. The molecular weight excluding hydrogens is 172 g/mol. The number of nitrogens with zero attached hydrogens (tertiary/aromatic N) is 1. The van der Waals surface area contributed by atoms with Gasteiger partial charge in [-0.05, 0) is 37.4 Å². The minimum atomic E-state index is 0.284. The summed E-state index contributed by atoms with van der Waals surface area (Å²) in [6, 6.07) is 0. The van der Waals surface area contributed by atoms with Crippen molar-refractivity contribution in [2.45, 2.75) is 41.0 Å². The predicted octanol–water partition coefficient (Wildman–Crippen LogP) is 2.34. The van der Waals surface area contributed by atoms with Crippen molar-refractivity contribution in [1.82, 2.24) is 4.90 Å². The highest BCUT2D eigenvalue weighted by molar-refractivity contribution is 4.73. The molecule has 0 unspecified atom stereocenters. The van der Waals surface area contributed by atoms with Crippen LogP contribution in [0, 0.1) is 10.8 Å². The van der Waals surface area contributed by atoms with Gasteiger partial charge in [-0.15, -0.1) is 0 Å². The number of hydrogen-bond donors (Lipinski definition) is 1. The topological polar surface area (TPSA) is 29.3 Å². The molecule has 0 bridgehead atoms. The lowest BCUT2D eigenvalue weighted by molar-refractivity contribution is 0.196. The molecule has 0 aromatic carbocycles. The fourth-order valence-corrected chi connectivity index (χ4v) is 1.48. The second kappa shape index (κ2) is 5.13. The van der Waals surface area contributed by atoms with Gasteiger partial charge in [-0.2, -0.15) is 0 Å². The highest BCUT2D eigenvalue weighted by atomic mass is 15.1. The Kier molecular flexibility index (Phi) is 5.10. The maximum atomic E-state index is 5.70. The molecule has 0 fully saturated rings. The molecule has 0 aromatic rings. The standard InChI is InChI=1S/C12H28N2/c1-11(2,3)10-14(6)8-7-12(4,5)9-13/h7-10,13H2,1-6H3. The van der Waals surface area contributed by atoms with E-state index >= 15 is 0 Å². The third-order valence-electron chi connectivity index (χ3n) is 2.47. The lowest BCUT2D eigenvalue weighted by Gasteiger charge is -2.30. The molecule has 2 heteroatoms. The van der Waals surface area contributed by atoms with Gasteiger partial charge < -0.3 is 10.6 Å². The average molecular weight is 200 g/mol. The van der Waals surface area contributed by atoms with E-state index in [4.69, 9.17) is 5.73 Å². The van der Waals surface area contributed by atoms with Crippen molar-refractivity contribution in [2.24, 2.45) is 16.6 Å². The lowest BCUT2D eigenvalue weighted by Crippen LogP contribution is -2.34. The van der Waals surface area contributed by atoms with Gasteiger partial charge in [0, 0.05) is 6.54 Å². The first-order valence-corrected chi connectivity index (χ1v) is 5.55. The highest BCUT2D eigenvalue weighted by Crippen LogP contribution is 2.20. The van der Waals surface area contributed by atoms with Gasteiger partial charge in [-0.1, -0.05) is 34.6 Å². The van der Waals surface area contributed by atoms with Crippen molar-refractivity contribution < 1.29 is 0 Å². The van der Waals surface area contributed by atoms with Crippen LogP contribution in [0.15, 0.2) is 0 Å². The molecule has 0 amide bonds. The summed E-state index contributed by atoms with van der Waals surface area (Å²) >= 11 is 0. The van der Waals surface area contributed by atoms with E-state index in [1.807, 2.05) is 0 Å². The average Bonchev–Trinajstić information content (AvgIpc) is 1.98. The van der Waals surface area contributed by atoms with Crippen LogP contribution < -0.4 is 5.73 Å². The molecule has 2 N–H and O–H groups in total. The molecule has 0 atom stereocenters. The van der Waals surface area contributed by atoms with Gasteiger partial charge in [0.25, 0.3) is 0 Å². The summed E-state index contributed by atoms with van der Waals surface area (Å²) in [4.78, 5) is 2.40. The Bertz CT molecular complexity index is 156. The van der Waals surface area contributed by atoms with Crippen LogP contribution in [-0.2, 0) is 0 Å². The first-order valence-electron chi connectivity index (χ1n) is 5.55. The van der Waals surface area contributed by atoms with Crippen LogP contribution in [0.3, 0.4) is 0 Å². The van der Waals surface area contributed by atoms with Gasteiger partial charge in [0.05, 0.1) is 0 Å². The second-order valence-corrected chi connectivity index (χ2v) is 6.42. The summed E-state index contributed by atoms with van der Waals surface area (Å²) in [6.45, 7) is 14.4. The lowest BCUT2D eigenvalue weighted by atomic mass is 9.89. The predicted molar refractivity (Wildman–Crippen MR) is 64.4 cm³/mol. The number of rotatable bonds is 5. The molecule has 86 valence electrons. The van der Waals surface area contributed by atoms with Crippen molar-refractivity contribution in [3.8, 4) is 0 Å². The van der Waals surface area contributed by atoms with E-state index in [-0.39, 0.29) is 5.41 Å². The van der Waals surface area contributed by atoms with Crippen LogP contribution in [0.4, 0.5) is 0 Å². The molecule has 0 spiro atoms. The Balaban J connectivity index is 3.80. The second-order valence-electron chi connectivity index (χ2n) is 6.42. The van der Waals surface area contributed by atoms with Gasteiger partial charge in [0.15, 0.2) is 0 Å². The number of nitrogens with two attached hydrogens (primary N) is 1. The van der Waals surface area contributed by atoms with Gasteiger partial charge >= 0.3 is 0 Å². The largest absolute Gasteiger partial charge is 0.330 e. The Morgan fingerprint density at radius 2 is 1.57 bits per heavy atom. The quantitative estimate of drug-likeness (QED) is 0.738. The molecule has 2 nitrogen and oxygen atoms in total. The Hall–Kier alpha value is -0.0800. The van der Waals surface area contributed by atoms with Gasteiger partial charge in [-0.25, -0.2) is 0 Å². The van der Waals surface area contributed by atoms with E-state index in [2.05, 4.69) is 46.6 Å². The fraction of sp³-hybridized carbons (Fsp3) is 1.00. The molecule has 0 saturated carbocycles. The zero-order valence-corrected chi connectivity index (χ0v) is 10.9. The van der Waals surface area contributed by atoms with Gasteiger partial charge in [-0.3, -0.25) is 0 Å². The van der Waals surface area contributed by atoms with Crippen molar-refractivity contribution in [3.05, 3.63) is 0 Å². The van der Waals surface area contributed by atoms with Crippen LogP contribution in [0.5, 0.6) is 0 Å². The van der Waals surface area contributed by atoms with E-state index in [0.29, 0.717) is 5.41 Å². The Morgan fingerprint density at radius 3 is 1.93 bits per heavy atom. The third-order valence-corrected chi connectivity index (χ3v) is 2.47. The molecule has 0 rings (SSSR count). The van der Waals surface area contributed by atoms with E-state index in [9.17, 15) is 0 Å². The molecule has 0 aliphatic heterocycles. The van der Waals surface area contributed by atoms with Crippen LogP contribution in [0.25, 0.3) is 0 Å². The molecule has 0 aromatic heterocycles. The highest BCUT2D eigenvalue weighted by Gasteiger charge is 2.18. The van der Waals surface area contributed by atoms with Crippen molar-refractivity contribution >= 4 is 0 Å². The van der Waals surface area contributed by atoms with Crippen LogP contribution in [-0.4, -0.2) is 31.6 Å². The summed E-state index contributed by atoms with van der Waals surface area (Å²) < 4.78 is 0. The van der Waals surface area contributed by atoms with E-state index < -0.39 is 0 Å². The first-order chi connectivity index (χ1) is 6.16. The molecule has 0 aliphatic carbocycles. The zero-order chi connectivity index (χ0) is 11.4. The number of hydrogen-bond acceptors (Lipinski definition) is 2. The SMILES string of the molecule is CN(CCC(C)(C)CN)CC(C)(C)C. The first kappa shape index (κ1) is 13.9. The minimum absolute atomic E-state index is 0.284. The van der Waals surface area contributed by atoms with E-state index in [1.165, 1.54) is 6.42 Å². The van der Waals surface area contributed by atoms with E-state index in [0.717, 1.165) is 19.6 Å². The Morgan fingerprint density at radius 1 is 1.07 bits per heavy atom. The molecule has 0 heterocycles. The summed E-state index contributed by atoms with van der Waals surface area (Å²) in [5.74, 6) is 0. The summed E-state index contributed by atoms with van der Waals surface area (Å²) in [6.07, 6.45) is 1.18. The molecule has 0 radical (unpaired) electrons. The zero-order valence-electron chi connectivity index (χ0n) is 10.9. The van der Waals surface area contributed by atoms with Crippen molar-refractivity contribution in [3.63, 3.8) is 0 Å². The van der Waals surface area contributed by atoms with Gasteiger partial charge in [0.1, 0.15) is 0 Å². The molecule has 14 heavy (non-hydrogen) atoms. The minimum Gasteiger partial charge on any atom is -0.330 e. The van der Waals surface area contributed by atoms with Gasteiger partial charge in [0.2, 0.25) is 0 Å². The summed E-state index contributed by atoms with van der Waals surface area (Å²) in [7, 11) is 2.19. The Labute approximate surface area is 89.9 Å². The third kappa shape index (κ3) is 7.34. The van der Waals surface area contributed by atoms with Crippen LogP contribution in [0.1, 0.15) is 41.0 Å². The maximum absolute atomic E-state index is 5.70.